The average molecular weight is 1750 g/mol. The van der Waals surface area contributed by atoms with Crippen LogP contribution in [0.25, 0.3) is 0 Å². The Labute approximate surface area is 732 Å². The van der Waals surface area contributed by atoms with Gasteiger partial charge in [0.2, 0.25) is 10.0 Å². The van der Waals surface area contributed by atoms with Crippen LogP contribution < -0.4 is 50.5 Å². The van der Waals surface area contributed by atoms with Crippen molar-refractivity contribution in [3.8, 4) is 18.2 Å². The van der Waals surface area contributed by atoms with Gasteiger partial charge in [-0.25, -0.2) is 50.3 Å². The number of sulfonamides is 1. The van der Waals surface area contributed by atoms with Crippen molar-refractivity contribution in [1.82, 2.24) is 24.7 Å². The molecule has 6 saturated heterocycles. The van der Waals surface area contributed by atoms with Crippen LogP contribution in [0.4, 0.5) is 60.2 Å². The van der Waals surface area contributed by atoms with Crippen LogP contribution in [0.1, 0.15) is 120 Å². The molecule has 9 aromatic rings. The maximum atomic E-state index is 14.5. The van der Waals surface area contributed by atoms with Gasteiger partial charge < -0.3 is 60.0 Å². The molecule has 0 spiro atoms. The van der Waals surface area contributed by atoms with E-state index in [9.17, 15) is 55.8 Å². The monoisotopic (exact) mass is 1750 g/mol. The van der Waals surface area contributed by atoms with Crippen molar-refractivity contribution in [3.63, 3.8) is 0 Å². The van der Waals surface area contributed by atoms with E-state index in [-0.39, 0.29) is 41.5 Å². The predicted molar refractivity (Wildman–Crippen MR) is 488 cm³/mol. The molecule has 8 heterocycles. The molecule has 0 bridgehead atoms. The van der Waals surface area contributed by atoms with Gasteiger partial charge in [0.25, 0.3) is 17.7 Å². The maximum absolute atomic E-state index is 14.5. The molecule has 0 radical (unpaired) electrons. The van der Waals surface area contributed by atoms with Crippen molar-refractivity contribution < 1.29 is 40.0 Å². The number of carbonyl (C=O) groups is 3. The van der Waals surface area contributed by atoms with Crippen molar-refractivity contribution in [2.24, 2.45) is 5.14 Å². The third-order valence-corrected chi connectivity index (χ3v) is 27.6. The van der Waals surface area contributed by atoms with Gasteiger partial charge >= 0.3 is 0 Å². The van der Waals surface area contributed by atoms with Gasteiger partial charge in [-0.3, -0.25) is 14.4 Å². The molecule has 3 amide bonds. The Balaban J connectivity index is 0.000000161. The lowest BCUT2D eigenvalue weighted by Crippen LogP contribution is -2.49. The molecule has 125 heavy (non-hydrogen) atoms. The number of hydrogen-bond donors (Lipinski definition) is 6. The van der Waals surface area contributed by atoms with Crippen LogP contribution in [-0.2, 0) is 29.5 Å². The van der Waals surface area contributed by atoms with Crippen LogP contribution in [0, 0.1) is 96.7 Å². The van der Waals surface area contributed by atoms with E-state index >= 15 is 0 Å². The van der Waals surface area contributed by atoms with E-state index in [1.54, 1.807) is 58.6 Å². The molecule has 32 heteroatoms. The number of anilines is 9. The summed E-state index contributed by atoms with van der Waals surface area (Å²) in [5, 5.41) is 44.6. The summed E-state index contributed by atoms with van der Waals surface area (Å²) < 4.78 is 94.0. The molecule has 0 unspecified atom stereocenters. The zero-order valence-electron chi connectivity index (χ0n) is 71.9. The van der Waals surface area contributed by atoms with Gasteiger partial charge in [0.05, 0.1) is 68.7 Å². The summed E-state index contributed by atoms with van der Waals surface area (Å²) in [6, 6.07) is 50.3. The third kappa shape index (κ3) is 21.2. The zero-order valence-corrected chi connectivity index (χ0v) is 74.3. The number of nitrogens with zero attached hydrogens (tertiary/aromatic N) is 14. The molecule has 0 saturated carbocycles. The number of piperazine rings is 3. The minimum Gasteiger partial charge on any atom is -0.382 e. The topological polar surface area (TPSA) is 356 Å². The summed E-state index contributed by atoms with van der Waals surface area (Å²) in [6.07, 6.45) is 11.4. The number of aryl methyl sites for hydroxylation is 6. The number of primary sulfonamides is 1. The second-order valence-corrected chi connectivity index (χ2v) is 38.7. The SMILES string of the molecule is Cc1cc(C)c(C(=O)N2CCN(c3cccc(F)c3S(N)(=O)=O)CC2)cc1NC1CCN(c2c(F)cccc2C#N)CC1.Cc1cc(C)c(C(=O)N2CCN(c3ncccc3[S@@](C)(=N)=O)CC2)cc1NC1CCN(c2ccccc2C#N)CC1.Cc1cc(C)c(C(=O)N2CCN(c3ncccc3[S@](C)(=N)=O)CC2)cc1NC1CCN(c2ccccc2C#N)CC1. The van der Waals surface area contributed by atoms with Crippen molar-refractivity contribution in [3.05, 3.63) is 236 Å². The number of benzene rings is 7. The number of nitriles is 3. The fraction of sp³-hybridized carbons (Fsp3) is 0.376. The molecule has 7 N–H and O–H groups in total. The lowest BCUT2D eigenvalue weighted by atomic mass is 9.99. The van der Waals surface area contributed by atoms with Crippen molar-refractivity contribution in [1.29, 1.82) is 25.3 Å². The van der Waals surface area contributed by atoms with E-state index in [1.807, 2.05) is 125 Å². The first-order chi connectivity index (χ1) is 59.8. The molecule has 654 valence electrons. The minimum absolute atomic E-state index is 0.00848. The van der Waals surface area contributed by atoms with E-state index < -0.39 is 46.0 Å². The number of halogens is 2. The number of rotatable bonds is 18. The fourth-order valence-electron chi connectivity index (χ4n) is 17.5. The van der Waals surface area contributed by atoms with Crippen molar-refractivity contribution >= 4 is 98.7 Å². The number of carbonyl (C=O) groups excluding carboxylic acids is 3. The lowest BCUT2D eigenvalue weighted by Gasteiger charge is -2.37. The summed E-state index contributed by atoms with van der Waals surface area (Å²) in [5.74, 6) is -0.277. The quantitative estimate of drug-likeness (QED) is 0.0465. The Bertz CT molecular complexity index is 5770. The number of pyridine rings is 2. The Kier molecular flexibility index (Phi) is 28.3. The smallest absolute Gasteiger partial charge is 0.254 e. The average Bonchev–Trinajstić information content (AvgIpc) is 0.784. The first-order valence-electron chi connectivity index (χ1n) is 42.2. The molecular weight excluding hydrogens is 1640 g/mol. The van der Waals surface area contributed by atoms with Crippen LogP contribution in [0.15, 0.2) is 173 Å². The fourth-order valence-corrected chi connectivity index (χ4v) is 20.1. The number of para-hydroxylation sites is 3. The Morgan fingerprint density at radius 2 is 0.704 bits per heavy atom. The number of amides is 3. The van der Waals surface area contributed by atoms with E-state index in [4.69, 9.17) is 14.7 Å². The Morgan fingerprint density at radius 3 is 1.06 bits per heavy atom. The highest BCUT2D eigenvalue weighted by Crippen LogP contribution is 2.36. The molecule has 6 fully saturated rings. The Hall–Kier alpha value is -12.4. The number of aromatic nitrogens is 2. The van der Waals surface area contributed by atoms with Gasteiger partial charge in [0.15, 0.2) is 0 Å². The minimum atomic E-state index is -4.27. The summed E-state index contributed by atoms with van der Waals surface area (Å²) in [5.41, 5.74) is 15.1. The van der Waals surface area contributed by atoms with Gasteiger partial charge in [-0.15, -0.1) is 0 Å². The number of nitrogens with one attached hydrogen (secondary N) is 5. The molecule has 2 aromatic heterocycles. The van der Waals surface area contributed by atoms with Crippen LogP contribution in [0.2, 0.25) is 0 Å². The summed E-state index contributed by atoms with van der Waals surface area (Å²) in [4.78, 5) is 67.8. The van der Waals surface area contributed by atoms with E-state index in [0.717, 1.165) is 133 Å². The molecule has 6 aliphatic heterocycles. The van der Waals surface area contributed by atoms with Crippen LogP contribution in [0.5, 0.6) is 0 Å². The summed E-state index contributed by atoms with van der Waals surface area (Å²) in [7, 11) is -10.1. The van der Waals surface area contributed by atoms with E-state index in [1.165, 1.54) is 30.7 Å². The molecule has 6 aliphatic rings. The molecule has 2 atom stereocenters. The summed E-state index contributed by atoms with van der Waals surface area (Å²) >= 11 is 0. The molecular formula is C93H108F2N20O7S3. The van der Waals surface area contributed by atoms with E-state index in [2.05, 4.69) is 79.9 Å². The van der Waals surface area contributed by atoms with Gasteiger partial charge in [-0.2, -0.15) is 15.8 Å². The highest BCUT2D eigenvalue weighted by molar-refractivity contribution is 7.92. The zero-order chi connectivity index (χ0) is 89.2. The lowest BCUT2D eigenvalue weighted by molar-refractivity contribution is 0.0738. The second kappa shape index (κ2) is 39.2. The van der Waals surface area contributed by atoms with Gasteiger partial charge in [0.1, 0.15) is 46.4 Å². The van der Waals surface area contributed by atoms with Crippen LogP contribution >= 0.6 is 0 Å². The highest BCUT2D eigenvalue weighted by atomic mass is 32.2. The van der Waals surface area contributed by atoms with Gasteiger partial charge in [-0.05, 0) is 204 Å². The van der Waals surface area contributed by atoms with Crippen molar-refractivity contribution in [2.75, 3.05) is 176 Å². The van der Waals surface area contributed by atoms with Crippen LogP contribution in [0.3, 0.4) is 0 Å². The van der Waals surface area contributed by atoms with Crippen molar-refractivity contribution in [2.45, 2.75) is 113 Å². The standard InChI is InChI=1S/C31H34F2N6O3S.2C31H37N7O2S/c1-20-17-21(2)27(36-23-9-11-38(12-10-23)29-22(19-34)5-3-6-25(29)32)18-24(20)31(40)39-15-13-37(14-16-39)28-8-4-7-26(33)30(28)43(35,41)42;2*1-22-19-23(2)27(35-25-10-13-36(14-11-25)28-8-5-4-7-24(28)21-32)20-26(22)31(39)38-17-15-37(16-18-38)30-29(41(3,33)40)9-6-12-34-30/h3-8,17-18,23,36H,9-16H2,1-2H3,(H2,35,41,42);2*4-9,12,19-20,25,33,35H,10-11,13-18H2,1-3H3/t;2*41-/m.10/s1. The maximum Gasteiger partial charge on any atom is 0.254 e. The molecule has 27 nitrogen and oxygen atoms in total. The largest absolute Gasteiger partial charge is 0.382 e. The Morgan fingerprint density at radius 1 is 0.392 bits per heavy atom. The normalized spacial score (nSPS) is 17.1. The molecule has 15 rings (SSSR count). The first kappa shape index (κ1) is 90.3. The number of hydrogen-bond acceptors (Lipinski definition) is 23. The van der Waals surface area contributed by atoms with Gasteiger partial charge in [-0.1, -0.05) is 54.6 Å². The third-order valence-electron chi connectivity index (χ3n) is 24.3. The number of nitrogens with two attached hydrogens (primary N) is 1. The second-order valence-electron chi connectivity index (χ2n) is 33.0. The van der Waals surface area contributed by atoms with Gasteiger partial charge in [0, 0.05) is 195 Å². The molecule has 7 aromatic carbocycles. The molecule has 0 aliphatic carbocycles. The first-order valence-corrected chi connectivity index (χ1v) is 47.6. The highest BCUT2D eigenvalue weighted by Gasteiger charge is 2.34. The number of piperidine rings is 3. The predicted octanol–water partition coefficient (Wildman–Crippen LogP) is 13.4. The van der Waals surface area contributed by atoms with E-state index in [0.29, 0.717) is 152 Å². The van der Waals surface area contributed by atoms with Crippen LogP contribution in [-0.4, -0.2) is 208 Å². The summed E-state index contributed by atoms with van der Waals surface area (Å²) in [6.45, 7) is 22.3.